The Morgan fingerprint density at radius 2 is 1.85 bits per heavy atom. The summed E-state index contributed by atoms with van der Waals surface area (Å²) in [6, 6.07) is 8.10. The Morgan fingerprint density at radius 3 is 2.55 bits per heavy atom. The van der Waals surface area contributed by atoms with Gasteiger partial charge in [-0.3, -0.25) is 4.99 Å². The van der Waals surface area contributed by atoms with E-state index in [0.717, 1.165) is 30.8 Å². The number of methoxy groups -OCH3 is 1. The molecule has 20 heavy (non-hydrogen) atoms. The number of ether oxygens (including phenoxy) is 1. The molecule has 0 bridgehead atoms. The largest absolute Gasteiger partial charge is 0.495 e. The van der Waals surface area contributed by atoms with Gasteiger partial charge < -0.3 is 15.4 Å². The lowest BCUT2D eigenvalue weighted by Crippen LogP contribution is -2.51. The molecule has 1 aromatic rings. The van der Waals surface area contributed by atoms with Crippen LogP contribution in [0.4, 0.5) is 5.69 Å². The third-order valence-electron chi connectivity index (χ3n) is 4.60. The van der Waals surface area contributed by atoms with E-state index in [0.29, 0.717) is 5.96 Å². The molecule has 1 spiro atoms. The average Bonchev–Trinajstić information content (AvgIpc) is 2.65. The molecule has 1 saturated carbocycles. The Hall–Kier alpha value is -1.71. The van der Waals surface area contributed by atoms with E-state index in [-0.39, 0.29) is 5.54 Å². The number of nitrogens with two attached hydrogens (primary N) is 1. The number of rotatable bonds is 2. The lowest BCUT2D eigenvalue weighted by molar-refractivity contribution is 0.385. The smallest absolute Gasteiger partial charge is 0.196 e. The van der Waals surface area contributed by atoms with E-state index in [4.69, 9.17) is 10.5 Å². The minimum Gasteiger partial charge on any atom is -0.495 e. The zero-order chi connectivity index (χ0) is 14.0. The number of hydrogen-bond acceptors (Lipinski definition) is 4. The van der Waals surface area contributed by atoms with Crippen molar-refractivity contribution >= 4 is 11.6 Å². The monoisotopic (exact) mass is 273 g/mol. The zero-order valence-electron chi connectivity index (χ0n) is 12.1. The van der Waals surface area contributed by atoms with E-state index < -0.39 is 0 Å². The van der Waals surface area contributed by atoms with E-state index in [1.54, 1.807) is 7.11 Å². The first-order chi connectivity index (χ1) is 9.77. The number of benzene rings is 1. The van der Waals surface area contributed by atoms with Gasteiger partial charge in [-0.05, 0) is 25.0 Å². The standard InChI is InChI=1S/C16H23N3O/c1-20-14-9-5-4-8-13(14)19-15(17)18-12-16(19)10-6-2-3-7-11-16/h4-5,8-9H,2-3,6-7,10-12H2,1H3,(H2,17,18). The molecule has 0 amide bonds. The van der Waals surface area contributed by atoms with Gasteiger partial charge >= 0.3 is 0 Å². The molecule has 2 N–H and O–H groups in total. The number of nitrogens with zero attached hydrogens (tertiary/aromatic N) is 2. The Morgan fingerprint density at radius 1 is 1.15 bits per heavy atom. The van der Waals surface area contributed by atoms with Crippen LogP contribution in [0.1, 0.15) is 38.5 Å². The third-order valence-corrected chi connectivity index (χ3v) is 4.60. The molecule has 108 valence electrons. The zero-order valence-corrected chi connectivity index (χ0v) is 12.1. The Kier molecular flexibility index (Phi) is 3.55. The molecule has 4 nitrogen and oxygen atoms in total. The molecule has 1 aromatic carbocycles. The van der Waals surface area contributed by atoms with Crippen molar-refractivity contribution in [3.05, 3.63) is 24.3 Å². The predicted octanol–water partition coefficient (Wildman–Crippen LogP) is 2.92. The lowest BCUT2D eigenvalue weighted by Gasteiger charge is -2.39. The number of anilines is 1. The Labute approximate surface area is 120 Å². The van der Waals surface area contributed by atoms with Crippen molar-refractivity contribution in [3.63, 3.8) is 0 Å². The van der Waals surface area contributed by atoms with Gasteiger partial charge in [-0.2, -0.15) is 0 Å². The van der Waals surface area contributed by atoms with Crippen LogP contribution in [0.25, 0.3) is 0 Å². The summed E-state index contributed by atoms with van der Waals surface area (Å²) in [6.45, 7) is 0.816. The second-order valence-corrected chi connectivity index (χ2v) is 5.82. The number of hydrogen-bond donors (Lipinski definition) is 1. The van der Waals surface area contributed by atoms with E-state index in [9.17, 15) is 0 Å². The van der Waals surface area contributed by atoms with E-state index >= 15 is 0 Å². The minimum absolute atomic E-state index is 0.0647. The fourth-order valence-electron chi connectivity index (χ4n) is 3.57. The van der Waals surface area contributed by atoms with Gasteiger partial charge in [0.2, 0.25) is 0 Å². The summed E-state index contributed by atoms with van der Waals surface area (Å²) in [5.41, 5.74) is 7.33. The van der Waals surface area contributed by atoms with Crippen molar-refractivity contribution in [3.8, 4) is 5.75 Å². The van der Waals surface area contributed by atoms with Crippen LogP contribution < -0.4 is 15.4 Å². The summed E-state index contributed by atoms with van der Waals surface area (Å²) in [6.07, 6.45) is 7.48. The molecule has 3 rings (SSSR count). The number of aliphatic imine (C=N–C) groups is 1. The van der Waals surface area contributed by atoms with E-state index in [1.165, 1.54) is 25.7 Å². The van der Waals surface area contributed by atoms with Crippen LogP contribution in [0.2, 0.25) is 0 Å². The Bertz CT molecular complexity index is 504. The molecule has 0 atom stereocenters. The molecule has 1 aliphatic carbocycles. The van der Waals surface area contributed by atoms with Gasteiger partial charge in [-0.25, -0.2) is 0 Å². The van der Waals surface area contributed by atoms with Gasteiger partial charge in [0.15, 0.2) is 5.96 Å². The summed E-state index contributed by atoms with van der Waals surface area (Å²) in [5.74, 6) is 1.51. The van der Waals surface area contributed by atoms with Crippen molar-refractivity contribution in [2.45, 2.75) is 44.1 Å². The first kappa shape index (κ1) is 13.3. The average molecular weight is 273 g/mol. The first-order valence-corrected chi connectivity index (χ1v) is 7.50. The molecular weight excluding hydrogens is 250 g/mol. The maximum absolute atomic E-state index is 6.21. The molecule has 1 fully saturated rings. The molecular formula is C16H23N3O. The summed E-state index contributed by atoms with van der Waals surface area (Å²) >= 11 is 0. The van der Waals surface area contributed by atoms with Gasteiger partial charge in [0.05, 0.1) is 24.9 Å². The maximum atomic E-state index is 6.21. The lowest BCUT2D eigenvalue weighted by atomic mass is 9.88. The Balaban J connectivity index is 2.01. The molecule has 2 aliphatic rings. The van der Waals surface area contributed by atoms with Crippen LogP contribution in [0.3, 0.4) is 0 Å². The summed E-state index contributed by atoms with van der Waals surface area (Å²) in [7, 11) is 1.71. The quantitative estimate of drug-likeness (QED) is 0.901. The van der Waals surface area contributed by atoms with Crippen LogP contribution in [0.15, 0.2) is 29.3 Å². The highest BCUT2D eigenvalue weighted by atomic mass is 16.5. The predicted molar refractivity (Wildman–Crippen MR) is 82.4 cm³/mol. The molecule has 0 unspecified atom stereocenters. The van der Waals surface area contributed by atoms with E-state index in [2.05, 4.69) is 16.0 Å². The van der Waals surface area contributed by atoms with Gasteiger partial charge in [-0.1, -0.05) is 37.8 Å². The normalized spacial score (nSPS) is 21.6. The molecule has 0 radical (unpaired) electrons. The fraction of sp³-hybridized carbons (Fsp3) is 0.562. The van der Waals surface area contributed by atoms with Crippen molar-refractivity contribution in [2.75, 3.05) is 18.6 Å². The van der Waals surface area contributed by atoms with Gasteiger partial charge in [0.25, 0.3) is 0 Å². The van der Waals surface area contributed by atoms with Gasteiger partial charge in [-0.15, -0.1) is 0 Å². The van der Waals surface area contributed by atoms with Crippen LogP contribution in [-0.4, -0.2) is 25.2 Å². The van der Waals surface area contributed by atoms with Crippen molar-refractivity contribution < 1.29 is 4.74 Å². The SMILES string of the molecule is COc1ccccc1N1C(N)=NCC12CCCCCC2. The van der Waals surface area contributed by atoms with Gasteiger partial charge in [0.1, 0.15) is 5.75 Å². The van der Waals surface area contributed by atoms with Crippen LogP contribution in [-0.2, 0) is 0 Å². The highest BCUT2D eigenvalue weighted by molar-refractivity contribution is 5.99. The van der Waals surface area contributed by atoms with E-state index in [1.807, 2.05) is 18.2 Å². The molecule has 1 heterocycles. The van der Waals surface area contributed by atoms with Crippen molar-refractivity contribution in [1.82, 2.24) is 0 Å². The maximum Gasteiger partial charge on any atom is 0.196 e. The summed E-state index contributed by atoms with van der Waals surface area (Å²) in [4.78, 5) is 6.79. The molecule has 0 aromatic heterocycles. The first-order valence-electron chi connectivity index (χ1n) is 7.50. The van der Waals surface area contributed by atoms with Crippen molar-refractivity contribution in [1.29, 1.82) is 0 Å². The summed E-state index contributed by atoms with van der Waals surface area (Å²) in [5, 5.41) is 0. The van der Waals surface area contributed by atoms with Crippen LogP contribution >= 0.6 is 0 Å². The second-order valence-electron chi connectivity index (χ2n) is 5.82. The molecule has 4 heteroatoms. The van der Waals surface area contributed by atoms with Crippen LogP contribution in [0, 0.1) is 0 Å². The fourth-order valence-corrected chi connectivity index (χ4v) is 3.57. The molecule has 1 aliphatic heterocycles. The second kappa shape index (κ2) is 5.35. The topological polar surface area (TPSA) is 50.9 Å². The highest BCUT2D eigenvalue weighted by Crippen LogP contribution is 2.42. The van der Waals surface area contributed by atoms with Gasteiger partial charge in [0, 0.05) is 0 Å². The minimum atomic E-state index is 0.0647. The number of guanidine groups is 1. The van der Waals surface area contributed by atoms with Crippen molar-refractivity contribution in [2.24, 2.45) is 10.7 Å². The molecule has 0 saturated heterocycles. The third kappa shape index (κ3) is 2.13. The number of para-hydroxylation sites is 2. The summed E-state index contributed by atoms with van der Waals surface area (Å²) < 4.78 is 5.52. The van der Waals surface area contributed by atoms with Crippen LogP contribution in [0.5, 0.6) is 5.75 Å². The highest BCUT2D eigenvalue weighted by Gasteiger charge is 2.43.